The number of amides is 2. The van der Waals surface area contributed by atoms with Gasteiger partial charge in [-0.2, -0.15) is 0 Å². The van der Waals surface area contributed by atoms with E-state index in [-0.39, 0.29) is 11.6 Å². The van der Waals surface area contributed by atoms with E-state index in [2.05, 4.69) is 15.6 Å². The van der Waals surface area contributed by atoms with Crippen LogP contribution < -0.4 is 10.6 Å². The van der Waals surface area contributed by atoms with Crippen molar-refractivity contribution in [3.63, 3.8) is 0 Å². The third-order valence-corrected chi connectivity index (χ3v) is 5.01. The average Bonchev–Trinajstić information content (AvgIpc) is 3.34. The fourth-order valence-corrected chi connectivity index (χ4v) is 3.21. The second-order valence-electron chi connectivity index (χ2n) is 7.58. The van der Waals surface area contributed by atoms with Crippen LogP contribution in [0.15, 0.2) is 102 Å². The number of nitrogens with one attached hydrogen (secondary N) is 2. The van der Waals surface area contributed by atoms with E-state index in [9.17, 15) is 9.59 Å². The molecule has 6 nitrogen and oxygen atoms in total. The second-order valence-corrected chi connectivity index (χ2v) is 7.58. The lowest BCUT2D eigenvalue weighted by Gasteiger charge is -2.11. The van der Waals surface area contributed by atoms with Gasteiger partial charge in [-0.05, 0) is 73.0 Å². The minimum absolute atomic E-state index is 0.0800. The molecule has 0 spiro atoms. The predicted octanol–water partition coefficient (Wildman–Crippen LogP) is 4.98. The molecule has 0 aliphatic carbocycles. The van der Waals surface area contributed by atoms with Crippen LogP contribution in [-0.2, 0) is 11.2 Å². The van der Waals surface area contributed by atoms with Gasteiger partial charge in [-0.15, -0.1) is 0 Å². The molecular formula is C27H23N3O3. The summed E-state index contributed by atoms with van der Waals surface area (Å²) in [5, 5.41) is 5.54. The number of carbonyl (C=O) groups is 2. The van der Waals surface area contributed by atoms with Crippen molar-refractivity contribution in [3.8, 4) is 0 Å². The molecule has 0 fully saturated rings. The van der Waals surface area contributed by atoms with Crippen LogP contribution in [0.25, 0.3) is 6.08 Å². The number of carbonyl (C=O) groups excluding carboxylic acids is 2. The van der Waals surface area contributed by atoms with Crippen molar-refractivity contribution in [2.45, 2.75) is 13.3 Å². The second kappa shape index (κ2) is 10.2. The van der Waals surface area contributed by atoms with Gasteiger partial charge in [-0.25, -0.2) is 0 Å². The number of hydrogen-bond donors (Lipinski definition) is 2. The topological polar surface area (TPSA) is 84.2 Å². The number of pyridine rings is 1. The van der Waals surface area contributed by atoms with Crippen LogP contribution in [0.3, 0.4) is 0 Å². The molecule has 164 valence electrons. The van der Waals surface area contributed by atoms with E-state index in [1.807, 2.05) is 55.5 Å². The molecule has 0 saturated heterocycles. The molecule has 4 rings (SSSR count). The minimum atomic E-state index is -0.450. The van der Waals surface area contributed by atoms with Gasteiger partial charge in [0.25, 0.3) is 11.8 Å². The molecule has 0 aliphatic rings. The molecule has 0 aliphatic heterocycles. The SMILES string of the molecule is Cc1ccc(C(=O)N/C(=C\c2ccco2)C(=O)Nc2ccc(Cc3ccncc3)cc2)cc1. The van der Waals surface area contributed by atoms with Crippen LogP contribution in [0.1, 0.15) is 32.8 Å². The summed E-state index contributed by atoms with van der Waals surface area (Å²) >= 11 is 0. The van der Waals surface area contributed by atoms with E-state index in [0.29, 0.717) is 17.0 Å². The first-order valence-electron chi connectivity index (χ1n) is 10.5. The van der Waals surface area contributed by atoms with Gasteiger partial charge in [0.1, 0.15) is 11.5 Å². The van der Waals surface area contributed by atoms with Crippen molar-refractivity contribution >= 4 is 23.6 Å². The number of nitrogens with zero attached hydrogens (tertiary/aromatic N) is 1. The summed E-state index contributed by atoms with van der Waals surface area (Å²) in [6.45, 7) is 1.94. The van der Waals surface area contributed by atoms with Gasteiger partial charge in [-0.1, -0.05) is 29.8 Å². The van der Waals surface area contributed by atoms with E-state index in [1.165, 1.54) is 12.3 Å². The van der Waals surface area contributed by atoms with Crippen molar-refractivity contribution in [1.82, 2.24) is 10.3 Å². The quantitative estimate of drug-likeness (QED) is 0.399. The Morgan fingerprint density at radius 2 is 1.61 bits per heavy atom. The highest BCUT2D eigenvalue weighted by atomic mass is 16.3. The molecule has 2 heterocycles. The van der Waals surface area contributed by atoms with Gasteiger partial charge in [0.15, 0.2) is 0 Å². The average molecular weight is 437 g/mol. The smallest absolute Gasteiger partial charge is 0.272 e. The lowest BCUT2D eigenvalue weighted by atomic mass is 10.1. The van der Waals surface area contributed by atoms with E-state index in [1.54, 1.807) is 36.7 Å². The van der Waals surface area contributed by atoms with Gasteiger partial charge in [-0.3, -0.25) is 14.6 Å². The van der Waals surface area contributed by atoms with Gasteiger partial charge in [0.05, 0.1) is 6.26 Å². The normalized spacial score (nSPS) is 11.1. The third kappa shape index (κ3) is 6.04. The van der Waals surface area contributed by atoms with Gasteiger partial charge < -0.3 is 15.1 Å². The fourth-order valence-electron chi connectivity index (χ4n) is 3.21. The van der Waals surface area contributed by atoms with E-state index in [0.717, 1.165) is 23.1 Å². The zero-order chi connectivity index (χ0) is 23.0. The largest absolute Gasteiger partial charge is 0.465 e. The summed E-state index contributed by atoms with van der Waals surface area (Å²) in [4.78, 5) is 29.7. The number of furan rings is 1. The highest BCUT2D eigenvalue weighted by Crippen LogP contribution is 2.15. The highest BCUT2D eigenvalue weighted by Gasteiger charge is 2.16. The Labute approximate surface area is 192 Å². The lowest BCUT2D eigenvalue weighted by Crippen LogP contribution is -2.30. The predicted molar refractivity (Wildman–Crippen MR) is 127 cm³/mol. The zero-order valence-electron chi connectivity index (χ0n) is 18.1. The molecule has 0 bridgehead atoms. The Bertz CT molecular complexity index is 1240. The minimum Gasteiger partial charge on any atom is -0.465 e. The fraction of sp³-hybridized carbons (Fsp3) is 0.0741. The van der Waals surface area contributed by atoms with Gasteiger partial charge in [0.2, 0.25) is 0 Å². The van der Waals surface area contributed by atoms with Crippen molar-refractivity contribution in [3.05, 3.63) is 125 Å². The standard InChI is InChI=1S/C27H23N3O3/c1-19-4-8-22(9-5-19)26(31)30-25(18-24-3-2-16-33-24)27(32)29-23-10-6-20(7-11-23)17-21-12-14-28-15-13-21/h2-16,18H,17H2,1H3,(H,29,32)(H,30,31)/b25-18-. The Hall–Kier alpha value is -4.45. The Kier molecular flexibility index (Phi) is 6.75. The van der Waals surface area contributed by atoms with Crippen molar-refractivity contribution in [2.24, 2.45) is 0 Å². The summed E-state index contributed by atoms with van der Waals surface area (Å²) < 4.78 is 5.33. The molecule has 2 aromatic carbocycles. The molecule has 2 amide bonds. The van der Waals surface area contributed by atoms with E-state index < -0.39 is 5.91 Å². The summed E-state index contributed by atoms with van der Waals surface area (Å²) in [5.74, 6) is -0.374. The monoisotopic (exact) mass is 437 g/mol. The van der Waals surface area contributed by atoms with Crippen LogP contribution in [0, 0.1) is 6.92 Å². The molecule has 6 heteroatoms. The number of rotatable bonds is 7. The van der Waals surface area contributed by atoms with Gasteiger partial charge in [0, 0.05) is 29.7 Å². The maximum absolute atomic E-state index is 13.0. The maximum atomic E-state index is 13.0. The third-order valence-electron chi connectivity index (χ3n) is 5.01. The molecule has 4 aromatic rings. The first kappa shape index (κ1) is 21.8. The molecule has 0 atom stereocenters. The highest BCUT2D eigenvalue weighted by molar-refractivity contribution is 6.10. The summed E-state index contributed by atoms with van der Waals surface area (Å²) in [6.07, 6.45) is 7.31. The lowest BCUT2D eigenvalue weighted by molar-refractivity contribution is -0.113. The number of anilines is 1. The Morgan fingerprint density at radius 1 is 0.909 bits per heavy atom. The molecule has 33 heavy (non-hydrogen) atoms. The van der Waals surface area contributed by atoms with Crippen LogP contribution >= 0.6 is 0 Å². The first-order chi connectivity index (χ1) is 16.1. The van der Waals surface area contributed by atoms with Crippen molar-refractivity contribution in [2.75, 3.05) is 5.32 Å². The number of aryl methyl sites for hydroxylation is 1. The summed E-state index contributed by atoms with van der Waals surface area (Å²) in [6, 6.07) is 22.1. The van der Waals surface area contributed by atoms with Crippen LogP contribution in [0.5, 0.6) is 0 Å². The van der Waals surface area contributed by atoms with Crippen molar-refractivity contribution < 1.29 is 14.0 Å². The number of hydrogen-bond acceptors (Lipinski definition) is 4. The first-order valence-corrected chi connectivity index (χ1v) is 10.5. The molecule has 0 saturated carbocycles. The Balaban J connectivity index is 1.48. The Morgan fingerprint density at radius 3 is 2.27 bits per heavy atom. The molecule has 0 unspecified atom stereocenters. The van der Waals surface area contributed by atoms with Crippen LogP contribution in [0.4, 0.5) is 5.69 Å². The van der Waals surface area contributed by atoms with Crippen LogP contribution in [0.2, 0.25) is 0 Å². The van der Waals surface area contributed by atoms with Crippen molar-refractivity contribution in [1.29, 1.82) is 0 Å². The molecular weight excluding hydrogens is 414 g/mol. The number of benzene rings is 2. The number of aromatic nitrogens is 1. The molecule has 2 aromatic heterocycles. The van der Waals surface area contributed by atoms with Gasteiger partial charge >= 0.3 is 0 Å². The maximum Gasteiger partial charge on any atom is 0.272 e. The molecule has 0 radical (unpaired) electrons. The zero-order valence-corrected chi connectivity index (χ0v) is 18.1. The van der Waals surface area contributed by atoms with Crippen LogP contribution in [-0.4, -0.2) is 16.8 Å². The summed E-state index contributed by atoms with van der Waals surface area (Å²) in [5.41, 5.74) is 4.47. The van der Waals surface area contributed by atoms with E-state index in [4.69, 9.17) is 4.42 Å². The van der Waals surface area contributed by atoms with E-state index >= 15 is 0 Å². The summed E-state index contributed by atoms with van der Waals surface area (Å²) in [7, 11) is 0. The molecule has 2 N–H and O–H groups in total.